The molecule has 0 aliphatic rings. The highest BCUT2D eigenvalue weighted by atomic mass is 16.3. The van der Waals surface area contributed by atoms with E-state index < -0.39 is 0 Å². The largest absolute Gasteiger partial charge is 0.508 e. The fourth-order valence-electron chi connectivity index (χ4n) is 1.64. The maximum atomic E-state index is 9.69. The van der Waals surface area contributed by atoms with E-state index in [0.717, 1.165) is 24.0 Å². The van der Waals surface area contributed by atoms with Gasteiger partial charge in [0.25, 0.3) is 0 Å². The van der Waals surface area contributed by atoms with Crippen LogP contribution in [0.2, 0.25) is 0 Å². The van der Waals surface area contributed by atoms with Crippen molar-refractivity contribution in [2.24, 2.45) is 11.7 Å². The number of nitrogens with two attached hydrogens (primary N) is 1. The van der Waals surface area contributed by atoms with Crippen molar-refractivity contribution < 1.29 is 5.11 Å². The Bertz CT molecular complexity index is 320. The number of aryl methyl sites for hydroxylation is 1. The van der Waals surface area contributed by atoms with Crippen molar-refractivity contribution in [2.75, 3.05) is 0 Å². The van der Waals surface area contributed by atoms with E-state index in [-0.39, 0.29) is 6.04 Å². The van der Waals surface area contributed by atoms with E-state index in [1.165, 1.54) is 0 Å². The number of hydrogen-bond donors (Lipinski definition) is 2. The van der Waals surface area contributed by atoms with Crippen molar-refractivity contribution in [3.8, 4) is 5.75 Å². The number of phenolic OH excluding ortho intramolecular Hbond substituents is 1. The highest BCUT2D eigenvalue weighted by Crippen LogP contribution is 2.27. The van der Waals surface area contributed by atoms with Crippen molar-refractivity contribution >= 4 is 0 Å². The van der Waals surface area contributed by atoms with Crippen LogP contribution in [0.25, 0.3) is 0 Å². The summed E-state index contributed by atoms with van der Waals surface area (Å²) in [5, 5.41) is 9.69. The zero-order valence-electron chi connectivity index (χ0n) is 9.83. The van der Waals surface area contributed by atoms with Crippen molar-refractivity contribution in [2.45, 2.75) is 39.7 Å². The molecule has 0 bridgehead atoms. The molecule has 3 N–H and O–H groups in total. The smallest absolute Gasteiger partial charge is 0.120 e. The van der Waals surface area contributed by atoms with Crippen LogP contribution >= 0.6 is 0 Å². The molecule has 1 aromatic rings. The minimum atomic E-state index is -0.0488. The van der Waals surface area contributed by atoms with Gasteiger partial charge in [0.2, 0.25) is 0 Å². The molecular weight excluding hydrogens is 186 g/mol. The molecule has 0 radical (unpaired) electrons. The molecule has 15 heavy (non-hydrogen) atoms. The van der Waals surface area contributed by atoms with Crippen LogP contribution in [0.4, 0.5) is 0 Å². The first-order chi connectivity index (χ1) is 7.00. The predicted molar refractivity (Wildman–Crippen MR) is 63.8 cm³/mol. The Balaban J connectivity index is 2.72. The van der Waals surface area contributed by atoms with E-state index in [1.807, 2.05) is 19.1 Å². The predicted octanol–water partition coefficient (Wildman–Crippen LogP) is 3.14. The Morgan fingerprint density at radius 3 is 2.53 bits per heavy atom. The third-order valence-electron chi connectivity index (χ3n) is 2.64. The van der Waals surface area contributed by atoms with Gasteiger partial charge in [-0.2, -0.15) is 0 Å². The van der Waals surface area contributed by atoms with Gasteiger partial charge in [-0.15, -0.1) is 0 Å². The molecule has 1 atom stereocenters. The van der Waals surface area contributed by atoms with Gasteiger partial charge in [0, 0.05) is 11.6 Å². The lowest BCUT2D eigenvalue weighted by molar-refractivity contribution is 0.448. The summed E-state index contributed by atoms with van der Waals surface area (Å²) < 4.78 is 0. The van der Waals surface area contributed by atoms with E-state index >= 15 is 0 Å². The molecule has 0 amide bonds. The van der Waals surface area contributed by atoms with E-state index in [9.17, 15) is 5.11 Å². The lowest BCUT2D eigenvalue weighted by Crippen LogP contribution is -2.11. The first-order valence-electron chi connectivity index (χ1n) is 5.55. The summed E-state index contributed by atoms with van der Waals surface area (Å²) >= 11 is 0. The summed E-state index contributed by atoms with van der Waals surface area (Å²) in [4.78, 5) is 0. The van der Waals surface area contributed by atoms with Gasteiger partial charge in [-0.05, 0) is 31.7 Å². The molecule has 84 valence electrons. The monoisotopic (exact) mass is 207 g/mol. The van der Waals surface area contributed by atoms with E-state index in [4.69, 9.17) is 5.73 Å². The van der Waals surface area contributed by atoms with Crippen molar-refractivity contribution in [3.05, 3.63) is 29.3 Å². The maximum absolute atomic E-state index is 9.69. The van der Waals surface area contributed by atoms with Crippen LogP contribution in [-0.4, -0.2) is 5.11 Å². The number of benzene rings is 1. The van der Waals surface area contributed by atoms with Crippen LogP contribution < -0.4 is 5.73 Å². The lowest BCUT2D eigenvalue weighted by Gasteiger charge is -2.15. The zero-order chi connectivity index (χ0) is 11.4. The fourth-order valence-corrected chi connectivity index (χ4v) is 1.64. The topological polar surface area (TPSA) is 46.2 Å². The van der Waals surface area contributed by atoms with Gasteiger partial charge >= 0.3 is 0 Å². The van der Waals surface area contributed by atoms with Crippen molar-refractivity contribution in [1.82, 2.24) is 0 Å². The van der Waals surface area contributed by atoms with Gasteiger partial charge in [-0.1, -0.05) is 31.5 Å². The van der Waals surface area contributed by atoms with Crippen LogP contribution in [0, 0.1) is 12.8 Å². The van der Waals surface area contributed by atoms with Crippen LogP contribution in [-0.2, 0) is 0 Å². The normalized spacial score (nSPS) is 13.1. The van der Waals surface area contributed by atoms with Crippen molar-refractivity contribution in [3.63, 3.8) is 0 Å². The molecule has 0 aliphatic carbocycles. The van der Waals surface area contributed by atoms with E-state index in [0.29, 0.717) is 11.7 Å². The molecule has 1 rings (SSSR count). The molecule has 0 saturated heterocycles. The maximum Gasteiger partial charge on any atom is 0.120 e. The molecule has 0 heterocycles. The average Bonchev–Trinajstić information content (AvgIpc) is 2.18. The quantitative estimate of drug-likeness (QED) is 0.796. The van der Waals surface area contributed by atoms with Gasteiger partial charge in [0.15, 0.2) is 0 Å². The number of phenols is 1. The summed E-state index contributed by atoms with van der Waals surface area (Å²) in [5.74, 6) is 0.972. The molecule has 2 heteroatoms. The molecular formula is C13H21NO. The molecule has 0 spiro atoms. The summed E-state index contributed by atoms with van der Waals surface area (Å²) in [6, 6.07) is 5.54. The molecule has 0 aliphatic heterocycles. The zero-order valence-corrected chi connectivity index (χ0v) is 9.83. The average molecular weight is 207 g/mol. The second kappa shape index (κ2) is 5.17. The highest BCUT2D eigenvalue weighted by molar-refractivity contribution is 5.37. The van der Waals surface area contributed by atoms with E-state index in [2.05, 4.69) is 13.8 Å². The summed E-state index contributed by atoms with van der Waals surface area (Å²) in [6.07, 6.45) is 2.02. The molecule has 0 saturated carbocycles. The summed E-state index contributed by atoms with van der Waals surface area (Å²) in [6.45, 7) is 6.38. The van der Waals surface area contributed by atoms with Crippen LogP contribution in [0.15, 0.2) is 18.2 Å². The first-order valence-corrected chi connectivity index (χ1v) is 5.55. The summed E-state index contributed by atoms with van der Waals surface area (Å²) in [5.41, 5.74) is 8.07. The Morgan fingerprint density at radius 1 is 1.27 bits per heavy atom. The third-order valence-corrected chi connectivity index (χ3v) is 2.64. The van der Waals surface area contributed by atoms with Crippen LogP contribution in [0.3, 0.4) is 0 Å². The van der Waals surface area contributed by atoms with Gasteiger partial charge in [-0.25, -0.2) is 0 Å². The second-order valence-corrected chi connectivity index (χ2v) is 4.64. The number of rotatable bonds is 4. The Labute approximate surface area is 92.1 Å². The Morgan fingerprint density at radius 2 is 1.93 bits per heavy atom. The Kier molecular flexibility index (Phi) is 4.15. The Hall–Kier alpha value is -1.02. The molecule has 0 unspecified atom stereocenters. The van der Waals surface area contributed by atoms with Gasteiger partial charge in [-0.3, -0.25) is 0 Å². The standard InChI is InChI=1S/C13H21NO/c1-9(2)4-6-12(14)11-8-10(3)5-7-13(11)15/h5,7-9,12,15H,4,6,14H2,1-3H3/t12-/m1/s1. The lowest BCUT2D eigenvalue weighted by atomic mass is 9.96. The van der Waals surface area contributed by atoms with E-state index in [1.54, 1.807) is 6.07 Å². The third kappa shape index (κ3) is 3.56. The molecule has 2 nitrogen and oxygen atoms in total. The van der Waals surface area contributed by atoms with Gasteiger partial charge < -0.3 is 10.8 Å². The van der Waals surface area contributed by atoms with Gasteiger partial charge in [0.1, 0.15) is 5.75 Å². The SMILES string of the molecule is Cc1ccc(O)c([C@H](N)CCC(C)C)c1. The molecule has 0 aromatic heterocycles. The number of aromatic hydroxyl groups is 1. The minimum Gasteiger partial charge on any atom is -0.508 e. The van der Waals surface area contributed by atoms with Crippen molar-refractivity contribution in [1.29, 1.82) is 0 Å². The molecule has 0 fully saturated rings. The number of hydrogen-bond acceptors (Lipinski definition) is 2. The van der Waals surface area contributed by atoms with Gasteiger partial charge in [0.05, 0.1) is 0 Å². The first kappa shape index (κ1) is 12.1. The fraction of sp³-hybridized carbons (Fsp3) is 0.538. The molecule has 1 aromatic carbocycles. The highest BCUT2D eigenvalue weighted by Gasteiger charge is 2.11. The second-order valence-electron chi connectivity index (χ2n) is 4.64. The van der Waals surface area contributed by atoms with Crippen LogP contribution in [0.5, 0.6) is 5.75 Å². The summed E-state index contributed by atoms with van der Waals surface area (Å²) in [7, 11) is 0. The minimum absolute atomic E-state index is 0.0488. The van der Waals surface area contributed by atoms with Crippen LogP contribution in [0.1, 0.15) is 43.9 Å².